The molecule has 0 unspecified atom stereocenters. The topological polar surface area (TPSA) is 92.2 Å². The van der Waals surface area contributed by atoms with Crippen LogP contribution in [0.3, 0.4) is 0 Å². The van der Waals surface area contributed by atoms with E-state index in [2.05, 4.69) is 9.88 Å². The largest absolute Gasteiger partial charge is 0.507 e. The number of ketones is 1. The van der Waals surface area contributed by atoms with Crippen LogP contribution in [0.5, 0.6) is 5.75 Å². The number of Topliss-reactive ketones (excluding diaryl/α,β-unsaturated/α-hetero) is 1. The van der Waals surface area contributed by atoms with Gasteiger partial charge in [0.2, 0.25) is 0 Å². The van der Waals surface area contributed by atoms with Crippen LogP contribution in [0, 0.1) is 0 Å². The molecule has 0 bridgehead atoms. The highest BCUT2D eigenvalue weighted by molar-refractivity contribution is 6.46. The van der Waals surface area contributed by atoms with Crippen LogP contribution in [0.2, 0.25) is 0 Å². The quantitative estimate of drug-likeness (QED) is 0.393. The van der Waals surface area contributed by atoms with Gasteiger partial charge in [0, 0.05) is 44.1 Å². The summed E-state index contributed by atoms with van der Waals surface area (Å²) in [6, 6.07) is 9.72. The van der Waals surface area contributed by atoms with Gasteiger partial charge < -0.3 is 19.5 Å². The summed E-state index contributed by atoms with van der Waals surface area (Å²) in [4.78, 5) is 33.9. The molecule has 0 radical (unpaired) electrons. The van der Waals surface area contributed by atoms with Crippen LogP contribution in [-0.2, 0) is 14.3 Å². The molecule has 8 heteroatoms. The van der Waals surface area contributed by atoms with Crippen molar-refractivity contribution >= 4 is 17.4 Å². The van der Waals surface area contributed by atoms with Gasteiger partial charge in [-0.2, -0.15) is 0 Å². The lowest BCUT2D eigenvalue weighted by Gasteiger charge is -2.31. The van der Waals surface area contributed by atoms with Gasteiger partial charge in [-0.3, -0.25) is 19.5 Å². The number of aromatic nitrogens is 1. The third-order valence-corrected chi connectivity index (χ3v) is 5.82. The number of amides is 1. The maximum atomic E-state index is 13.1. The standard InChI is InChI=1S/C25H29N3O5/c1-17(2)33-20-5-3-19(4-6-20)23(29)21-22(18-7-9-26-10-8-18)28(25(31)24(21)30)12-11-27-13-15-32-16-14-27/h3-10,17,22,29H,11-16H2,1-2H3/b23-21+/t22-/m1/s1. The number of likely N-dealkylation sites (tertiary alicyclic amines) is 1. The lowest BCUT2D eigenvalue weighted by molar-refractivity contribution is -0.140. The van der Waals surface area contributed by atoms with E-state index in [0.717, 1.165) is 18.7 Å². The van der Waals surface area contributed by atoms with E-state index in [1.54, 1.807) is 53.7 Å². The van der Waals surface area contributed by atoms with E-state index >= 15 is 0 Å². The summed E-state index contributed by atoms with van der Waals surface area (Å²) in [5.41, 5.74) is 1.27. The number of aliphatic hydroxyl groups excluding tert-OH is 1. The minimum Gasteiger partial charge on any atom is -0.507 e. The summed E-state index contributed by atoms with van der Waals surface area (Å²) < 4.78 is 11.1. The number of benzene rings is 1. The van der Waals surface area contributed by atoms with Crippen molar-refractivity contribution in [3.8, 4) is 5.75 Å². The molecule has 2 saturated heterocycles. The maximum Gasteiger partial charge on any atom is 0.295 e. The number of aliphatic hydroxyl groups is 1. The summed E-state index contributed by atoms with van der Waals surface area (Å²) in [6.45, 7) is 7.74. The minimum atomic E-state index is -0.682. The monoisotopic (exact) mass is 451 g/mol. The zero-order chi connectivity index (χ0) is 23.4. The van der Waals surface area contributed by atoms with Gasteiger partial charge in [-0.25, -0.2) is 0 Å². The third-order valence-electron chi connectivity index (χ3n) is 5.82. The Balaban J connectivity index is 1.67. The van der Waals surface area contributed by atoms with Crippen LogP contribution in [0.15, 0.2) is 54.4 Å². The Morgan fingerprint density at radius 1 is 1.09 bits per heavy atom. The van der Waals surface area contributed by atoms with Crippen molar-refractivity contribution in [3.05, 3.63) is 65.5 Å². The molecular formula is C25H29N3O5. The van der Waals surface area contributed by atoms with Crippen molar-refractivity contribution < 1.29 is 24.2 Å². The Hall–Kier alpha value is -3.23. The van der Waals surface area contributed by atoms with Crippen molar-refractivity contribution in [3.63, 3.8) is 0 Å². The number of morpholine rings is 1. The molecule has 0 spiro atoms. The SMILES string of the molecule is CC(C)Oc1ccc(/C(O)=C2\C(=O)C(=O)N(CCN3CCOCC3)[C@@H]2c2ccncc2)cc1. The lowest BCUT2D eigenvalue weighted by Crippen LogP contribution is -2.42. The first-order chi connectivity index (χ1) is 16.0. The molecular weight excluding hydrogens is 422 g/mol. The number of ether oxygens (including phenoxy) is 2. The van der Waals surface area contributed by atoms with Crippen molar-refractivity contribution in [1.82, 2.24) is 14.8 Å². The van der Waals surface area contributed by atoms with Gasteiger partial charge in [-0.05, 0) is 55.8 Å². The van der Waals surface area contributed by atoms with E-state index in [1.165, 1.54) is 0 Å². The molecule has 33 heavy (non-hydrogen) atoms. The Bertz CT molecular complexity index is 1010. The highest BCUT2D eigenvalue weighted by atomic mass is 16.5. The smallest absolute Gasteiger partial charge is 0.295 e. The molecule has 4 rings (SSSR count). The van der Waals surface area contributed by atoms with Crippen molar-refractivity contribution in [2.45, 2.75) is 26.0 Å². The van der Waals surface area contributed by atoms with Gasteiger partial charge >= 0.3 is 0 Å². The second-order valence-corrected chi connectivity index (χ2v) is 8.42. The Kier molecular flexibility index (Phi) is 7.05. The first-order valence-corrected chi connectivity index (χ1v) is 11.2. The minimum absolute atomic E-state index is 0.0212. The first-order valence-electron chi connectivity index (χ1n) is 11.2. The third kappa shape index (κ3) is 5.07. The van der Waals surface area contributed by atoms with Crippen molar-refractivity contribution in [2.24, 2.45) is 0 Å². The molecule has 1 aromatic heterocycles. The van der Waals surface area contributed by atoms with Gasteiger partial charge in [-0.1, -0.05) is 0 Å². The predicted molar refractivity (Wildman–Crippen MR) is 123 cm³/mol. The Labute approximate surface area is 193 Å². The van der Waals surface area contributed by atoms with E-state index in [9.17, 15) is 14.7 Å². The lowest BCUT2D eigenvalue weighted by atomic mass is 9.96. The molecule has 1 atom stereocenters. The van der Waals surface area contributed by atoms with Crippen LogP contribution in [-0.4, -0.2) is 77.1 Å². The van der Waals surface area contributed by atoms with Gasteiger partial charge in [0.25, 0.3) is 11.7 Å². The summed E-state index contributed by atoms with van der Waals surface area (Å²) in [5.74, 6) is -0.816. The van der Waals surface area contributed by atoms with Gasteiger partial charge in [0.15, 0.2) is 0 Å². The van der Waals surface area contributed by atoms with Crippen molar-refractivity contribution in [2.75, 3.05) is 39.4 Å². The highest BCUT2D eigenvalue weighted by Gasteiger charge is 2.46. The van der Waals surface area contributed by atoms with Gasteiger partial charge in [-0.15, -0.1) is 0 Å². The molecule has 1 N–H and O–H groups in total. The van der Waals surface area contributed by atoms with Crippen LogP contribution in [0.4, 0.5) is 0 Å². The molecule has 1 aromatic carbocycles. The average molecular weight is 452 g/mol. The fourth-order valence-corrected chi connectivity index (χ4v) is 4.20. The Morgan fingerprint density at radius 2 is 1.76 bits per heavy atom. The van der Waals surface area contributed by atoms with E-state index in [0.29, 0.717) is 37.6 Å². The molecule has 2 fully saturated rings. The van der Waals surface area contributed by atoms with Gasteiger partial charge in [0.1, 0.15) is 11.5 Å². The second kappa shape index (κ2) is 10.1. The molecule has 0 aliphatic carbocycles. The number of carbonyl (C=O) groups is 2. The van der Waals surface area contributed by atoms with E-state index in [1.807, 2.05) is 13.8 Å². The molecule has 2 aliphatic heterocycles. The zero-order valence-corrected chi connectivity index (χ0v) is 18.9. The first kappa shape index (κ1) is 22.9. The molecule has 1 amide bonds. The summed E-state index contributed by atoms with van der Waals surface area (Å²) >= 11 is 0. The van der Waals surface area contributed by atoms with Crippen LogP contribution >= 0.6 is 0 Å². The average Bonchev–Trinajstić information content (AvgIpc) is 3.08. The van der Waals surface area contributed by atoms with Gasteiger partial charge in [0.05, 0.1) is 30.9 Å². The number of hydrogen-bond acceptors (Lipinski definition) is 7. The second-order valence-electron chi connectivity index (χ2n) is 8.42. The number of hydrogen-bond donors (Lipinski definition) is 1. The Morgan fingerprint density at radius 3 is 2.39 bits per heavy atom. The predicted octanol–water partition coefficient (Wildman–Crippen LogP) is 2.62. The zero-order valence-electron chi connectivity index (χ0n) is 18.9. The fraction of sp³-hybridized carbons (Fsp3) is 0.400. The molecule has 2 aliphatic rings. The number of pyridine rings is 1. The van der Waals surface area contributed by atoms with E-state index in [4.69, 9.17) is 9.47 Å². The number of rotatable bonds is 7. The van der Waals surface area contributed by atoms with Crippen LogP contribution < -0.4 is 4.74 Å². The molecule has 0 saturated carbocycles. The summed E-state index contributed by atoms with van der Waals surface area (Å²) in [6.07, 6.45) is 3.26. The van der Waals surface area contributed by atoms with Crippen molar-refractivity contribution in [1.29, 1.82) is 0 Å². The number of nitrogens with zero attached hydrogens (tertiary/aromatic N) is 3. The summed E-state index contributed by atoms with van der Waals surface area (Å²) in [5, 5.41) is 11.1. The highest BCUT2D eigenvalue weighted by Crippen LogP contribution is 2.39. The molecule has 2 aromatic rings. The molecule has 174 valence electrons. The van der Waals surface area contributed by atoms with Crippen LogP contribution in [0.25, 0.3) is 5.76 Å². The fourth-order valence-electron chi connectivity index (χ4n) is 4.20. The van der Waals surface area contributed by atoms with E-state index < -0.39 is 17.7 Å². The molecule has 8 nitrogen and oxygen atoms in total. The van der Waals surface area contributed by atoms with E-state index in [-0.39, 0.29) is 17.4 Å². The molecule has 3 heterocycles. The normalized spacial score (nSPS) is 21.1. The number of carbonyl (C=O) groups excluding carboxylic acids is 2. The maximum absolute atomic E-state index is 13.1. The van der Waals surface area contributed by atoms with Crippen LogP contribution in [0.1, 0.15) is 31.0 Å². The summed E-state index contributed by atoms with van der Waals surface area (Å²) in [7, 11) is 0.